The first-order chi connectivity index (χ1) is 8.46. The second-order valence-corrected chi connectivity index (χ2v) is 8.05. The van der Waals surface area contributed by atoms with Crippen molar-refractivity contribution >= 4 is 25.8 Å². The minimum absolute atomic E-state index is 0.322. The van der Waals surface area contributed by atoms with Gasteiger partial charge in [0, 0.05) is 17.1 Å². The van der Waals surface area contributed by atoms with E-state index >= 15 is 0 Å². The maximum Gasteiger partial charge on any atom is 0.150 e. The lowest BCUT2D eigenvalue weighted by Gasteiger charge is -2.23. The van der Waals surface area contributed by atoms with Crippen molar-refractivity contribution in [3.8, 4) is 0 Å². The number of benzene rings is 1. The standard InChI is InChI=1S/C13H18BrNO2S/c1-10-2-3-11(8-13(10)14)9-15-12-4-6-18(16,17)7-5-12/h2-3,8,12,15H,4-7,9H2,1H3. The van der Waals surface area contributed by atoms with Crippen LogP contribution in [0.4, 0.5) is 0 Å². The van der Waals surface area contributed by atoms with Gasteiger partial charge in [0.05, 0.1) is 11.5 Å². The largest absolute Gasteiger partial charge is 0.310 e. The molecule has 0 aliphatic carbocycles. The Hall–Kier alpha value is -0.390. The lowest BCUT2D eigenvalue weighted by Crippen LogP contribution is -2.37. The maximum absolute atomic E-state index is 11.3. The van der Waals surface area contributed by atoms with Crippen molar-refractivity contribution in [3.05, 3.63) is 33.8 Å². The Bertz CT molecular complexity index is 514. The Labute approximate surface area is 117 Å². The molecule has 3 nitrogen and oxygen atoms in total. The van der Waals surface area contributed by atoms with Gasteiger partial charge in [-0.3, -0.25) is 0 Å². The molecule has 1 aliphatic heterocycles. The van der Waals surface area contributed by atoms with Gasteiger partial charge in [-0.2, -0.15) is 0 Å². The van der Waals surface area contributed by atoms with Crippen molar-refractivity contribution < 1.29 is 8.42 Å². The molecule has 2 rings (SSSR count). The second kappa shape index (κ2) is 5.72. The fraction of sp³-hybridized carbons (Fsp3) is 0.538. The third kappa shape index (κ3) is 3.80. The normalized spacial score (nSPS) is 19.9. The summed E-state index contributed by atoms with van der Waals surface area (Å²) in [6, 6.07) is 6.63. The van der Waals surface area contributed by atoms with Gasteiger partial charge < -0.3 is 5.32 Å². The third-order valence-electron chi connectivity index (χ3n) is 3.39. The molecule has 1 N–H and O–H groups in total. The van der Waals surface area contributed by atoms with Gasteiger partial charge in [0.15, 0.2) is 0 Å². The quantitative estimate of drug-likeness (QED) is 0.925. The molecule has 18 heavy (non-hydrogen) atoms. The molecule has 0 radical (unpaired) electrons. The Balaban J connectivity index is 1.87. The van der Waals surface area contributed by atoms with E-state index in [9.17, 15) is 8.42 Å². The second-order valence-electron chi connectivity index (χ2n) is 4.89. The smallest absolute Gasteiger partial charge is 0.150 e. The molecule has 1 aliphatic rings. The van der Waals surface area contributed by atoms with E-state index in [-0.39, 0.29) is 0 Å². The van der Waals surface area contributed by atoms with Crippen molar-refractivity contribution in [1.82, 2.24) is 5.32 Å². The summed E-state index contributed by atoms with van der Waals surface area (Å²) in [4.78, 5) is 0. The number of nitrogens with one attached hydrogen (secondary N) is 1. The lowest BCUT2D eigenvalue weighted by molar-refractivity contribution is 0.463. The van der Waals surface area contributed by atoms with E-state index in [1.54, 1.807) is 0 Å². The van der Waals surface area contributed by atoms with Crippen LogP contribution in [0.2, 0.25) is 0 Å². The van der Waals surface area contributed by atoms with E-state index in [1.807, 2.05) is 0 Å². The molecule has 0 aromatic heterocycles. The van der Waals surface area contributed by atoms with E-state index in [0.29, 0.717) is 17.5 Å². The number of rotatable bonds is 3. The molecule has 5 heteroatoms. The van der Waals surface area contributed by atoms with Crippen molar-refractivity contribution in [2.75, 3.05) is 11.5 Å². The van der Waals surface area contributed by atoms with Gasteiger partial charge in [-0.1, -0.05) is 28.1 Å². The number of hydrogen-bond acceptors (Lipinski definition) is 3. The Morgan fingerprint density at radius 3 is 2.61 bits per heavy atom. The van der Waals surface area contributed by atoms with Crippen LogP contribution in [0.5, 0.6) is 0 Å². The van der Waals surface area contributed by atoms with Crippen LogP contribution in [0, 0.1) is 6.92 Å². The first kappa shape index (κ1) is 14.0. The molecule has 0 saturated carbocycles. The van der Waals surface area contributed by atoms with Gasteiger partial charge in [0.2, 0.25) is 0 Å². The van der Waals surface area contributed by atoms with Crippen LogP contribution in [0.25, 0.3) is 0 Å². The molecule has 1 aromatic rings. The zero-order chi connectivity index (χ0) is 13.2. The first-order valence-corrected chi connectivity index (χ1v) is 8.76. The molecule has 1 saturated heterocycles. The summed E-state index contributed by atoms with van der Waals surface area (Å²) in [5.41, 5.74) is 2.45. The van der Waals surface area contributed by atoms with Crippen LogP contribution in [0.15, 0.2) is 22.7 Å². The highest BCUT2D eigenvalue weighted by Gasteiger charge is 2.22. The Morgan fingerprint density at radius 1 is 1.33 bits per heavy atom. The molecular formula is C13H18BrNO2S. The minimum Gasteiger partial charge on any atom is -0.310 e. The summed E-state index contributed by atoms with van der Waals surface area (Å²) in [5.74, 6) is 0.643. The zero-order valence-electron chi connectivity index (χ0n) is 10.4. The van der Waals surface area contributed by atoms with Gasteiger partial charge in [0.25, 0.3) is 0 Å². The van der Waals surface area contributed by atoms with E-state index in [2.05, 4.69) is 46.4 Å². The van der Waals surface area contributed by atoms with Crippen molar-refractivity contribution in [3.63, 3.8) is 0 Å². The molecule has 1 aromatic carbocycles. The predicted octanol–water partition coefficient (Wildman–Crippen LogP) is 2.42. The number of aryl methyl sites for hydroxylation is 1. The summed E-state index contributed by atoms with van der Waals surface area (Å²) < 4.78 is 23.8. The van der Waals surface area contributed by atoms with Gasteiger partial charge in [-0.15, -0.1) is 0 Å². The molecule has 1 heterocycles. The van der Waals surface area contributed by atoms with Crippen LogP contribution in [-0.2, 0) is 16.4 Å². The number of sulfone groups is 1. The maximum atomic E-state index is 11.3. The van der Waals surface area contributed by atoms with Gasteiger partial charge in [-0.05, 0) is 37.0 Å². The Morgan fingerprint density at radius 2 is 2.00 bits per heavy atom. The average molecular weight is 332 g/mol. The molecule has 0 amide bonds. The van der Waals surface area contributed by atoms with Crippen molar-refractivity contribution in [1.29, 1.82) is 0 Å². The van der Waals surface area contributed by atoms with Gasteiger partial charge in [-0.25, -0.2) is 8.42 Å². The molecular weight excluding hydrogens is 314 g/mol. The van der Waals surface area contributed by atoms with E-state index in [0.717, 1.165) is 23.9 Å². The zero-order valence-corrected chi connectivity index (χ0v) is 12.9. The molecule has 0 spiro atoms. The first-order valence-electron chi connectivity index (χ1n) is 6.15. The predicted molar refractivity (Wildman–Crippen MR) is 77.4 cm³/mol. The highest BCUT2D eigenvalue weighted by Crippen LogP contribution is 2.18. The van der Waals surface area contributed by atoms with Crippen molar-refractivity contribution in [2.24, 2.45) is 0 Å². The molecule has 0 atom stereocenters. The Kier molecular flexibility index (Phi) is 4.45. The van der Waals surface area contributed by atoms with Gasteiger partial charge in [0.1, 0.15) is 9.84 Å². The number of halogens is 1. The monoisotopic (exact) mass is 331 g/mol. The summed E-state index contributed by atoms with van der Waals surface area (Å²) in [6.07, 6.45) is 1.46. The summed E-state index contributed by atoms with van der Waals surface area (Å²) in [5, 5.41) is 3.44. The summed E-state index contributed by atoms with van der Waals surface area (Å²) in [6.45, 7) is 2.86. The van der Waals surface area contributed by atoms with Gasteiger partial charge >= 0.3 is 0 Å². The van der Waals surface area contributed by atoms with Crippen molar-refractivity contribution in [2.45, 2.75) is 32.4 Å². The van der Waals surface area contributed by atoms with Crippen LogP contribution in [0.1, 0.15) is 24.0 Å². The van der Waals surface area contributed by atoms with Crippen LogP contribution in [-0.4, -0.2) is 26.0 Å². The van der Waals surface area contributed by atoms with E-state index < -0.39 is 9.84 Å². The van der Waals surface area contributed by atoms with Crippen LogP contribution >= 0.6 is 15.9 Å². The highest BCUT2D eigenvalue weighted by atomic mass is 79.9. The summed E-state index contributed by atoms with van der Waals surface area (Å²) in [7, 11) is -2.76. The molecule has 0 unspecified atom stereocenters. The summed E-state index contributed by atoms with van der Waals surface area (Å²) >= 11 is 3.52. The topological polar surface area (TPSA) is 46.2 Å². The molecule has 100 valence electrons. The highest BCUT2D eigenvalue weighted by molar-refractivity contribution is 9.10. The molecule has 0 bridgehead atoms. The fourth-order valence-corrected chi connectivity index (χ4v) is 4.02. The lowest BCUT2D eigenvalue weighted by atomic mass is 10.1. The van der Waals surface area contributed by atoms with E-state index in [4.69, 9.17) is 0 Å². The van der Waals surface area contributed by atoms with E-state index in [1.165, 1.54) is 11.1 Å². The number of hydrogen-bond donors (Lipinski definition) is 1. The average Bonchev–Trinajstić information content (AvgIpc) is 2.32. The van der Waals surface area contributed by atoms with Crippen LogP contribution < -0.4 is 5.32 Å². The minimum atomic E-state index is -2.76. The molecule has 1 fully saturated rings. The third-order valence-corrected chi connectivity index (χ3v) is 5.96. The fourth-order valence-electron chi connectivity index (χ4n) is 2.10. The van der Waals surface area contributed by atoms with Crippen LogP contribution in [0.3, 0.4) is 0 Å². The SMILES string of the molecule is Cc1ccc(CNC2CCS(=O)(=O)CC2)cc1Br.